The van der Waals surface area contributed by atoms with Gasteiger partial charge in [-0.05, 0) is 25.0 Å². The Morgan fingerprint density at radius 3 is 2.50 bits per heavy atom. The molecule has 3 N–H and O–H groups in total. The molecular weight excluding hydrogens is 254 g/mol. The van der Waals surface area contributed by atoms with E-state index in [9.17, 15) is 4.79 Å². The van der Waals surface area contributed by atoms with Crippen LogP contribution in [0.25, 0.3) is 0 Å². The van der Waals surface area contributed by atoms with Gasteiger partial charge in [-0.1, -0.05) is 43.6 Å². The molecule has 0 heterocycles. The molecule has 5 nitrogen and oxygen atoms in total. The maximum Gasteiger partial charge on any atom is 0.237 e. The van der Waals surface area contributed by atoms with Gasteiger partial charge >= 0.3 is 0 Å². The molecule has 1 atom stereocenters. The lowest BCUT2D eigenvalue weighted by Crippen LogP contribution is -2.42. The first-order valence-corrected chi connectivity index (χ1v) is 6.99. The molecule has 0 radical (unpaired) electrons. The fraction of sp³-hybridized carbons (Fsp3) is 0.467. The van der Waals surface area contributed by atoms with E-state index in [-0.39, 0.29) is 11.7 Å². The number of rotatable bonds is 7. The van der Waals surface area contributed by atoms with Gasteiger partial charge in [-0.15, -0.1) is 0 Å². The Bertz CT molecular complexity index is 446. The van der Waals surface area contributed by atoms with E-state index in [1.165, 1.54) is 0 Å². The largest absolute Gasteiger partial charge is 0.409 e. The molecule has 0 aliphatic heterocycles. The van der Waals surface area contributed by atoms with Gasteiger partial charge in [0.2, 0.25) is 5.91 Å². The van der Waals surface area contributed by atoms with E-state index in [0.717, 1.165) is 18.5 Å². The molecule has 0 saturated heterocycles. The molecule has 0 bridgehead atoms. The number of nitrogens with two attached hydrogens (primary N) is 1. The summed E-state index contributed by atoms with van der Waals surface area (Å²) < 4.78 is 0. The van der Waals surface area contributed by atoms with Crippen LogP contribution in [0, 0.1) is 5.92 Å². The molecule has 5 heteroatoms. The fourth-order valence-electron chi connectivity index (χ4n) is 2.06. The number of hydrogen-bond acceptors (Lipinski definition) is 3. The Morgan fingerprint density at radius 1 is 1.35 bits per heavy atom. The molecule has 0 saturated carbocycles. The minimum absolute atomic E-state index is 0.0325. The first-order chi connectivity index (χ1) is 9.65. The Hall–Kier alpha value is -2.04. The maximum atomic E-state index is 12.6. The predicted molar refractivity (Wildman–Crippen MR) is 80.9 cm³/mol. The second-order valence-corrected chi connectivity index (χ2v) is 4.66. The summed E-state index contributed by atoms with van der Waals surface area (Å²) in [7, 11) is 0. The third-order valence-corrected chi connectivity index (χ3v) is 3.25. The minimum atomic E-state index is -0.586. The number of carbonyl (C=O) groups is 1. The molecule has 0 fully saturated rings. The summed E-state index contributed by atoms with van der Waals surface area (Å²) in [5, 5.41) is 11.8. The lowest BCUT2D eigenvalue weighted by molar-refractivity contribution is -0.120. The van der Waals surface area contributed by atoms with Crippen LogP contribution in [0.4, 0.5) is 5.69 Å². The number of amidine groups is 1. The summed E-state index contributed by atoms with van der Waals surface area (Å²) >= 11 is 0. The van der Waals surface area contributed by atoms with Crippen LogP contribution in [0.2, 0.25) is 0 Å². The number of hydrogen-bond donors (Lipinski definition) is 2. The second kappa shape index (κ2) is 8.19. The van der Waals surface area contributed by atoms with Gasteiger partial charge in [0.15, 0.2) is 5.84 Å². The summed E-state index contributed by atoms with van der Waals surface area (Å²) in [6.45, 7) is 4.56. The molecule has 20 heavy (non-hydrogen) atoms. The Morgan fingerprint density at radius 2 is 2.00 bits per heavy atom. The van der Waals surface area contributed by atoms with Gasteiger partial charge in [0.25, 0.3) is 0 Å². The Balaban J connectivity index is 3.01. The zero-order valence-corrected chi connectivity index (χ0v) is 12.1. The Labute approximate surface area is 120 Å². The number of carbonyl (C=O) groups excluding carboxylic acids is 1. The van der Waals surface area contributed by atoms with Crippen LogP contribution >= 0.6 is 0 Å². The van der Waals surface area contributed by atoms with E-state index in [4.69, 9.17) is 10.9 Å². The van der Waals surface area contributed by atoms with Gasteiger partial charge in [0.05, 0.1) is 5.92 Å². The van der Waals surface area contributed by atoms with Crippen molar-refractivity contribution in [2.24, 2.45) is 16.8 Å². The number of para-hydroxylation sites is 1. The van der Waals surface area contributed by atoms with E-state index < -0.39 is 5.92 Å². The summed E-state index contributed by atoms with van der Waals surface area (Å²) in [5.41, 5.74) is 6.47. The van der Waals surface area contributed by atoms with E-state index in [1.807, 2.05) is 37.3 Å². The Kier molecular flexibility index (Phi) is 6.56. The van der Waals surface area contributed by atoms with Gasteiger partial charge in [0.1, 0.15) is 0 Å². The lowest BCUT2D eigenvalue weighted by Gasteiger charge is -2.26. The lowest BCUT2D eigenvalue weighted by atomic mass is 10.0. The molecule has 1 aromatic carbocycles. The molecule has 1 amide bonds. The highest BCUT2D eigenvalue weighted by atomic mass is 16.4. The molecule has 0 aromatic heterocycles. The van der Waals surface area contributed by atoms with Crippen molar-refractivity contribution in [3.63, 3.8) is 0 Å². The maximum absolute atomic E-state index is 12.6. The summed E-state index contributed by atoms with van der Waals surface area (Å²) in [6.07, 6.45) is 2.41. The highest BCUT2D eigenvalue weighted by Crippen LogP contribution is 2.19. The zero-order valence-electron chi connectivity index (χ0n) is 12.1. The molecule has 1 unspecified atom stereocenters. The third-order valence-electron chi connectivity index (χ3n) is 3.25. The standard InChI is InChI=1S/C15H23N3O2/c1-3-5-11-18(12-9-7-6-8-10-12)15(19)13(4-2)14(16)17-20/h6-10,13,20H,3-5,11H2,1-2H3,(H2,16,17). The number of unbranched alkanes of at least 4 members (excludes halogenated alkanes) is 1. The first-order valence-electron chi connectivity index (χ1n) is 6.99. The van der Waals surface area contributed by atoms with Gasteiger partial charge in [-0.2, -0.15) is 0 Å². The third kappa shape index (κ3) is 3.98. The smallest absolute Gasteiger partial charge is 0.237 e. The molecule has 0 spiro atoms. The molecule has 1 rings (SSSR count). The summed E-state index contributed by atoms with van der Waals surface area (Å²) in [6, 6.07) is 9.49. The van der Waals surface area contributed by atoms with Crippen LogP contribution in [0.15, 0.2) is 35.5 Å². The van der Waals surface area contributed by atoms with E-state index in [0.29, 0.717) is 13.0 Å². The second-order valence-electron chi connectivity index (χ2n) is 4.66. The van der Waals surface area contributed by atoms with Crippen molar-refractivity contribution in [3.05, 3.63) is 30.3 Å². The van der Waals surface area contributed by atoms with Crippen LogP contribution in [0.1, 0.15) is 33.1 Å². The highest BCUT2D eigenvalue weighted by molar-refractivity contribution is 6.08. The number of nitrogens with zero attached hydrogens (tertiary/aromatic N) is 2. The van der Waals surface area contributed by atoms with Crippen molar-refractivity contribution in [1.29, 1.82) is 0 Å². The predicted octanol–water partition coefficient (Wildman–Crippen LogP) is 2.59. The van der Waals surface area contributed by atoms with Gasteiger partial charge < -0.3 is 15.8 Å². The summed E-state index contributed by atoms with van der Waals surface area (Å²) in [4.78, 5) is 14.4. The zero-order chi connectivity index (χ0) is 15.0. The normalized spacial score (nSPS) is 13.0. The number of anilines is 1. The topological polar surface area (TPSA) is 78.9 Å². The molecule has 1 aromatic rings. The SMILES string of the molecule is CCCCN(C(=O)C(CC)C(N)=NO)c1ccccc1. The molecule has 0 aliphatic carbocycles. The van der Waals surface area contributed by atoms with Gasteiger partial charge in [-0.3, -0.25) is 4.79 Å². The first kappa shape index (κ1) is 16.0. The van der Waals surface area contributed by atoms with E-state index >= 15 is 0 Å². The van der Waals surface area contributed by atoms with Crippen molar-refractivity contribution in [3.8, 4) is 0 Å². The van der Waals surface area contributed by atoms with Gasteiger partial charge in [0, 0.05) is 12.2 Å². The van der Waals surface area contributed by atoms with Crippen molar-refractivity contribution in [2.75, 3.05) is 11.4 Å². The monoisotopic (exact) mass is 277 g/mol. The number of benzene rings is 1. The molecular formula is C15H23N3O2. The van der Waals surface area contributed by atoms with Crippen LogP contribution in [0.3, 0.4) is 0 Å². The quantitative estimate of drug-likeness (QED) is 0.348. The highest BCUT2D eigenvalue weighted by Gasteiger charge is 2.27. The number of amides is 1. The molecule has 110 valence electrons. The van der Waals surface area contributed by atoms with Crippen LogP contribution < -0.4 is 10.6 Å². The van der Waals surface area contributed by atoms with E-state index in [1.54, 1.807) is 4.90 Å². The minimum Gasteiger partial charge on any atom is -0.409 e. The fourth-order valence-corrected chi connectivity index (χ4v) is 2.06. The van der Waals surface area contributed by atoms with Crippen LogP contribution in [-0.4, -0.2) is 23.5 Å². The molecule has 0 aliphatic rings. The van der Waals surface area contributed by atoms with Crippen molar-refractivity contribution in [2.45, 2.75) is 33.1 Å². The summed E-state index contributed by atoms with van der Waals surface area (Å²) in [5.74, 6) is -0.741. The van der Waals surface area contributed by atoms with Crippen molar-refractivity contribution in [1.82, 2.24) is 0 Å². The van der Waals surface area contributed by atoms with Crippen molar-refractivity contribution >= 4 is 17.4 Å². The van der Waals surface area contributed by atoms with Crippen molar-refractivity contribution < 1.29 is 10.0 Å². The average Bonchev–Trinajstić information content (AvgIpc) is 2.49. The van der Waals surface area contributed by atoms with Crippen LogP contribution in [0.5, 0.6) is 0 Å². The van der Waals surface area contributed by atoms with Gasteiger partial charge in [-0.25, -0.2) is 0 Å². The average molecular weight is 277 g/mol. The number of oxime groups is 1. The van der Waals surface area contributed by atoms with Crippen LogP contribution in [-0.2, 0) is 4.79 Å². The van der Waals surface area contributed by atoms with E-state index in [2.05, 4.69) is 12.1 Å².